The van der Waals surface area contributed by atoms with Gasteiger partial charge in [-0.05, 0) is 24.6 Å². The molecule has 0 fully saturated rings. The van der Waals surface area contributed by atoms with Gasteiger partial charge in [-0.1, -0.05) is 6.07 Å². The number of ketones is 1. The van der Waals surface area contributed by atoms with Crippen molar-refractivity contribution >= 4 is 11.8 Å². The van der Waals surface area contributed by atoms with Gasteiger partial charge in [-0.2, -0.15) is 13.2 Å². The van der Waals surface area contributed by atoms with Crippen molar-refractivity contribution < 1.29 is 31.9 Å². The molecule has 1 aromatic rings. The first-order valence-corrected chi connectivity index (χ1v) is 6.27. The zero-order valence-corrected chi connectivity index (χ0v) is 11.3. The third-order valence-electron chi connectivity index (χ3n) is 2.65. The molecule has 3 nitrogen and oxygen atoms in total. The first-order valence-electron chi connectivity index (χ1n) is 6.27. The number of carbonyl (C=O) groups excluding carboxylic acids is 2. The van der Waals surface area contributed by atoms with Gasteiger partial charge in [0.1, 0.15) is 11.6 Å². The normalized spacial score (nSPS) is 11.3. The molecule has 0 radical (unpaired) electrons. The van der Waals surface area contributed by atoms with E-state index >= 15 is 0 Å². The molecular weight excluding hydrogens is 292 g/mol. The molecule has 0 bridgehead atoms. The molecule has 0 aliphatic rings. The molecule has 0 amide bonds. The van der Waals surface area contributed by atoms with Crippen LogP contribution in [-0.2, 0) is 26.9 Å². The summed E-state index contributed by atoms with van der Waals surface area (Å²) in [6.07, 6.45) is -5.19. The van der Waals surface area contributed by atoms with Gasteiger partial charge in [-0.3, -0.25) is 9.59 Å². The van der Waals surface area contributed by atoms with E-state index in [1.165, 1.54) is 0 Å². The topological polar surface area (TPSA) is 43.4 Å². The third-order valence-corrected chi connectivity index (χ3v) is 2.65. The van der Waals surface area contributed by atoms with Gasteiger partial charge in [-0.25, -0.2) is 4.39 Å². The number of ether oxygens (including phenoxy) is 1. The van der Waals surface area contributed by atoms with Crippen LogP contribution in [0.4, 0.5) is 17.6 Å². The first-order chi connectivity index (χ1) is 9.74. The summed E-state index contributed by atoms with van der Waals surface area (Å²) in [6.45, 7) is 1.84. The van der Waals surface area contributed by atoms with E-state index in [4.69, 9.17) is 0 Å². The Morgan fingerprint density at radius 1 is 1.19 bits per heavy atom. The number of halogens is 4. The summed E-state index contributed by atoms with van der Waals surface area (Å²) in [7, 11) is 0. The molecule has 0 aliphatic heterocycles. The van der Waals surface area contributed by atoms with Crippen molar-refractivity contribution in [2.45, 2.75) is 32.4 Å². The molecule has 0 N–H and O–H groups in total. The zero-order valence-electron chi connectivity index (χ0n) is 11.3. The molecule has 116 valence electrons. The maximum absolute atomic E-state index is 13.3. The molecule has 21 heavy (non-hydrogen) atoms. The van der Waals surface area contributed by atoms with E-state index < -0.39 is 23.5 Å². The largest absolute Gasteiger partial charge is 0.466 e. The van der Waals surface area contributed by atoms with Crippen molar-refractivity contribution in [3.8, 4) is 0 Å². The summed E-state index contributed by atoms with van der Waals surface area (Å²) in [5.74, 6) is -2.31. The van der Waals surface area contributed by atoms with Crippen LogP contribution in [0, 0.1) is 5.82 Å². The number of rotatable bonds is 6. The van der Waals surface area contributed by atoms with Gasteiger partial charge in [0.2, 0.25) is 0 Å². The highest BCUT2D eigenvalue weighted by atomic mass is 19.4. The van der Waals surface area contributed by atoms with Crippen LogP contribution in [-0.4, -0.2) is 18.4 Å². The van der Waals surface area contributed by atoms with Gasteiger partial charge in [0.05, 0.1) is 18.6 Å². The lowest BCUT2D eigenvalue weighted by atomic mass is 10.0. The smallest absolute Gasteiger partial charge is 0.419 e. The first kappa shape index (κ1) is 17.1. The van der Waals surface area contributed by atoms with Crippen LogP contribution >= 0.6 is 0 Å². The van der Waals surface area contributed by atoms with E-state index in [0.717, 1.165) is 6.07 Å². The Labute approximate surface area is 118 Å². The molecule has 1 rings (SSSR count). The Bertz CT molecular complexity index is 523. The van der Waals surface area contributed by atoms with Crippen LogP contribution < -0.4 is 0 Å². The van der Waals surface area contributed by atoms with Gasteiger partial charge >= 0.3 is 12.1 Å². The van der Waals surface area contributed by atoms with Gasteiger partial charge in [-0.15, -0.1) is 0 Å². The molecular formula is C14H14F4O3. The Morgan fingerprint density at radius 3 is 2.38 bits per heavy atom. The van der Waals surface area contributed by atoms with Crippen molar-refractivity contribution in [1.82, 2.24) is 0 Å². The highest BCUT2D eigenvalue weighted by Crippen LogP contribution is 2.31. The van der Waals surface area contributed by atoms with Gasteiger partial charge in [0.25, 0.3) is 0 Å². The summed E-state index contributed by atoms with van der Waals surface area (Å²) in [5, 5.41) is 0. The Morgan fingerprint density at radius 2 is 1.86 bits per heavy atom. The fraction of sp³-hybridized carbons (Fsp3) is 0.429. The minimum absolute atomic E-state index is 0.0958. The monoisotopic (exact) mass is 306 g/mol. The SMILES string of the molecule is CCOC(=O)CCC(=O)Cc1ccc(C(F)(F)F)c(F)c1. The number of Topliss-reactive ketones (excluding diaryl/α,β-unsaturated/α-hetero) is 1. The van der Waals surface area contributed by atoms with Gasteiger partial charge in [0, 0.05) is 12.8 Å². The van der Waals surface area contributed by atoms with E-state index in [2.05, 4.69) is 4.74 Å². The summed E-state index contributed by atoms with van der Waals surface area (Å²) >= 11 is 0. The molecule has 0 aliphatic carbocycles. The standard InChI is InChI=1S/C14H14F4O3/c1-2-21-13(20)6-4-10(19)7-9-3-5-11(12(15)8-9)14(16,17)18/h3,5,8H,2,4,6-7H2,1H3. The zero-order chi connectivity index (χ0) is 16.0. The van der Waals surface area contributed by atoms with Crippen molar-refractivity contribution in [3.05, 3.63) is 35.1 Å². The third kappa shape index (κ3) is 5.53. The number of carbonyl (C=O) groups is 2. The Balaban J connectivity index is 2.62. The second-order valence-corrected chi connectivity index (χ2v) is 4.33. The number of esters is 1. The van der Waals surface area contributed by atoms with Crippen LogP contribution in [0.3, 0.4) is 0 Å². The van der Waals surface area contributed by atoms with Gasteiger partial charge in [0.15, 0.2) is 0 Å². The van der Waals surface area contributed by atoms with Crippen molar-refractivity contribution in [2.24, 2.45) is 0 Å². The van der Waals surface area contributed by atoms with Crippen molar-refractivity contribution in [2.75, 3.05) is 6.61 Å². The lowest BCUT2D eigenvalue weighted by molar-refractivity contribution is -0.144. The maximum atomic E-state index is 13.3. The van der Waals surface area contributed by atoms with E-state index in [-0.39, 0.29) is 37.2 Å². The Kier molecular flexibility index (Phi) is 5.87. The van der Waals surface area contributed by atoms with Gasteiger partial charge < -0.3 is 4.74 Å². The number of hydrogen-bond acceptors (Lipinski definition) is 3. The highest BCUT2D eigenvalue weighted by Gasteiger charge is 2.33. The summed E-state index contributed by atoms with van der Waals surface area (Å²) in [6, 6.07) is 2.34. The minimum Gasteiger partial charge on any atom is -0.466 e. The van der Waals surface area contributed by atoms with E-state index in [1.807, 2.05) is 0 Å². The fourth-order valence-corrected chi connectivity index (χ4v) is 1.69. The van der Waals surface area contributed by atoms with E-state index in [1.54, 1.807) is 6.92 Å². The van der Waals surface area contributed by atoms with E-state index in [9.17, 15) is 27.2 Å². The minimum atomic E-state index is -4.77. The van der Waals surface area contributed by atoms with Crippen LogP contribution in [0.15, 0.2) is 18.2 Å². The van der Waals surface area contributed by atoms with Crippen molar-refractivity contribution in [1.29, 1.82) is 0 Å². The molecule has 0 saturated heterocycles. The van der Waals surface area contributed by atoms with Crippen LogP contribution in [0.2, 0.25) is 0 Å². The summed E-state index contributed by atoms with van der Waals surface area (Å²) in [5.41, 5.74) is -1.24. The summed E-state index contributed by atoms with van der Waals surface area (Å²) in [4.78, 5) is 22.6. The molecule has 7 heteroatoms. The molecule has 0 spiro atoms. The molecule has 0 unspecified atom stereocenters. The van der Waals surface area contributed by atoms with E-state index in [0.29, 0.717) is 12.1 Å². The lowest BCUT2D eigenvalue weighted by Gasteiger charge is -2.09. The second-order valence-electron chi connectivity index (χ2n) is 4.33. The molecule has 0 atom stereocenters. The average molecular weight is 306 g/mol. The quantitative estimate of drug-likeness (QED) is 0.598. The molecule has 0 heterocycles. The predicted molar refractivity (Wildman–Crippen MR) is 66.0 cm³/mol. The molecule has 1 aromatic carbocycles. The maximum Gasteiger partial charge on any atom is 0.419 e. The lowest BCUT2D eigenvalue weighted by Crippen LogP contribution is -2.11. The van der Waals surface area contributed by atoms with Crippen molar-refractivity contribution in [3.63, 3.8) is 0 Å². The van der Waals surface area contributed by atoms with Crippen LogP contribution in [0.5, 0.6) is 0 Å². The number of alkyl halides is 3. The second kappa shape index (κ2) is 7.19. The Hall–Kier alpha value is -1.92. The highest BCUT2D eigenvalue weighted by molar-refractivity contribution is 5.84. The van der Waals surface area contributed by atoms with Crippen LogP contribution in [0.1, 0.15) is 30.9 Å². The summed E-state index contributed by atoms with van der Waals surface area (Å²) < 4.78 is 55.0. The van der Waals surface area contributed by atoms with Crippen LogP contribution in [0.25, 0.3) is 0 Å². The molecule has 0 aromatic heterocycles. The molecule has 0 saturated carbocycles. The fourth-order valence-electron chi connectivity index (χ4n) is 1.69. The number of hydrogen-bond donors (Lipinski definition) is 0. The predicted octanol–water partition coefficient (Wildman–Crippen LogP) is 3.30. The average Bonchev–Trinajstić information content (AvgIpc) is 2.35. The number of benzene rings is 1.